The molecule has 0 bridgehead atoms. The predicted octanol–water partition coefficient (Wildman–Crippen LogP) is 5.99. The lowest BCUT2D eigenvalue weighted by atomic mass is 10.1. The molecule has 0 unspecified atom stereocenters. The Kier molecular flexibility index (Phi) is 7.24. The number of aromatic nitrogens is 4. The third kappa shape index (κ3) is 5.39. The normalized spacial score (nSPS) is 11.1. The van der Waals surface area contributed by atoms with E-state index < -0.39 is 41.2 Å². The quantitative estimate of drug-likeness (QED) is 0.135. The lowest BCUT2D eigenvalue weighted by Crippen LogP contribution is -2.20. The number of halogens is 7. The van der Waals surface area contributed by atoms with E-state index in [0.717, 1.165) is 4.68 Å². The van der Waals surface area contributed by atoms with Crippen molar-refractivity contribution in [1.29, 1.82) is 0 Å². The first-order chi connectivity index (χ1) is 16.6. The van der Waals surface area contributed by atoms with Crippen LogP contribution < -0.4 is 10.6 Å². The van der Waals surface area contributed by atoms with Gasteiger partial charge in [0.1, 0.15) is 0 Å². The zero-order valence-electron chi connectivity index (χ0n) is 17.3. The topological polar surface area (TPSA) is 59.7 Å². The minimum atomic E-state index is -2.22. The van der Waals surface area contributed by atoms with Crippen molar-refractivity contribution in [3.05, 3.63) is 93.0 Å². The second kappa shape index (κ2) is 10.2. The first-order valence-corrected chi connectivity index (χ1v) is 10.9. The van der Waals surface area contributed by atoms with Gasteiger partial charge in [0.2, 0.25) is 5.82 Å². The van der Waals surface area contributed by atoms with Crippen molar-refractivity contribution in [3.8, 4) is 0 Å². The second-order valence-corrected chi connectivity index (χ2v) is 8.35. The maximum absolute atomic E-state index is 13.9. The molecule has 2 heterocycles. The highest BCUT2D eigenvalue weighted by Gasteiger charge is 2.26. The van der Waals surface area contributed by atoms with Crippen LogP contribution in [0, 0.1) is 29.1 Å². The van der Waals surface area contributed by atoms with E-state index in [2.05, 4.69) is 20.8 Å². The van der Waals surface area contributed by atoms with Crippen LogP contribution in [0.5, 0.6) is 0 Å². The summed E-state index contributed by atoms with van der Waals surface area (Å²) < 4.78 is 70.4. The monoisotopic (exact) mass is 546 g/mol. The van der Waals surface area contributed by atoms with Crippen molar-refractivity contribution < 1.29 is 22.0 Å². The SMILES string of the molecule is Fc1c(F)c(F)c(Cn2ccc(NC(=S)Nc3ccn(Cc4c(Cl)cccc4Cl)n3)n2)c(F)c1F. The van der Waals surface area contributed by atoms with Crippen LogP contribution >= 0.6 is 35.4 Å². The van der Waals surface area contributed by atoms with Crippen LogP contribution in [-0.4, -0.2) is 24.7 Å². The Bertz CT molecular complexity index is 1370. The number of anilines is 2. The molecule has 2 N–H and O–H groups in total. The highest BCUT2D eigenvalue weighted by atomic mass is 35.5. The van der Waals surface area contributed by atoms with Crippen molar-refractivity contribution in [3.63, 3.8) is 0 Å². The van der Waals surface area contributed by atoms with Gasteiger partial charge in [-0.25, -0.2) is 22.0 Å². The average Bonchev–Trinajstić information content (AvgIpc) is 3.45. The van der Waals surface area contributed by atoms with E-state index in [4.69, 9.17) is 35.4 Å². The van der Waals surface area contributed by atoms with Crippen LogP contribution in [0.25, 0.3) is 0 Å². The van der Waals surface area contributed by atoms with E-state index in [-0.39, 0.29) is 10.9 Å². The summed E-state index contributed by atoms with van der Waals surface area (Å²) in [5.74, 6) is -9.55. The van der Waals surface area contributed by atoms with Crippen LogP contribution in [0.15, 0.2) is 42.7 Å². The third-order valence-electron chi connectivity index (χ3n) is 4.77. The standard InChI is InChI=1S/C21H13Cl2F5N6S/c22-12-2-1-3-13(23)10(12)8-33-6-4-14(31-33)29-21(35)30-15-5-7-34(32-15)9-11-16(24)18(26)20(28)19(27)17(11)25/h1-7H,8-9H2,(H2,29,30,31,32,35). The van der Waals surface area contributed by atoms with Gasteiger partial charge in [-0.15, -0.1) is 0 Å². The molecule has 2 aromatic carbocycles. The molecule has 2 aromatic heterocycles. The van der Waals surface area contributed by atoms with Crippen LogP contribution in [0.2, 0.25) is 10.0 Å². The molecule has 0 fully saturated rings. The van der Waals surface area contributed by atoms with E-state index in [1.807, 2.05) is 0 Å². The lowest BCUT2D eigenvalue weighted by Gasteiger charge is -2.09. The lowest BCUT2D eigenvalue weighted by molar-refractivity contribution is 0.367. The van der Waals surface area contributed by atoms with Gasteiger partial charge in [-0.05, 0) is 24.4 Å². The molecular formula is C21H13Cl2F5N6S. The van der Waals surface area contributed by atoms with Gasteiger partial charge in [-0.2, -0.15) is 10.2 Å². The number of thiocarbonyl (C=S) groups is 1. The number of benzene rings is 2. The number of nitrogens with one attached hydrogen (secondary N) is 2. The van der Waals surface area contributed by atoms with E-state index in [1.165, 1.54) is 12.3 Å². The van der Waals surface area contributed by atoms with E-state index in [1.54, 1.807) is 35.1 Å². The van der Waals surface area contributed by atoms with Crippen molar-refractivity contribution in [2.75, 3.05) is 10.6 Å². The zero-order valence-corrected chi connectivity index (χ0v) is 19.6. The molecule has 182 valence electrons. The first kappa shape index (κ1) is 24.9. The second-order valence-electron chi connectivity index (χ2n) is 7.12. The van der Waals surface area contributed by atoms with Gasteiger partial charge < -0.3 is 10.6 Å². The Balaban J connectivity index is 1.39. The van der Waals surface area contributed by atoms with E-state index >= 15 is 0 Å². The highest BCUT2D eigenvalue weighted by molar-refractivity contribution is 7.80. The fourth-order valence-electron chi connectivity index (χ4n) is 3.09. The summed E-state index contributed by atoms with van der Waals surface area (Å²) in [5.41, 5.74) is -0.313. The molecule has 0 atom stereocenters. The summed E-state index contributed by atoms with van der Waals surface area (Å²) in [7, 11) is 0. The summed E-state index contributed by atoms with van der Waals surface area (Å²) >= 11 is 17.6. The summed E-state index contributed by atoms with van der Waals surface area (Å²) in [6.07, 6.45) is 2.97. The Morgan fingerprint density at radius 2 is 1.14 bits per heavy atom. The molecular weight excluding hydrogens is 534 g/mol. The highest BCUT2D eigenvalue weighted by Crippen LogP contribution is 2.26. The maximum atomic E-state index is 13.9. The molecule has 4 aromatic rings. The van der Waals surface area contributed by atoms with Gasteiger partial charge in [-0.3, -0.25) is 9.36 Å². The predicted molar refractivity (Wildman–Crippen MR) is 125 cm³/mol. The third-order valence-corrected chi connectivity index (χ3v) is 5.68. The molecule has 14 heteroatoms. The summed E-state index contributed by atoms with van der Waals surface area (Å²) in [6.45, 7) is -0.370. The van der Waals surface area contributed by atoms with Crippen molar-refractivity contribution >= 4 is 52.2 Å². The molecule has 0 aliphatic rings. The van der Waals surface area contributed by atoms with Crippen LogP contribution in [0.4, 0.5) is 33.6 Å². The van der Waals surface area contributed by atoms with Crippen molar-refractivity contribution in [1.82, 2.24) is 19.6 Å². The zero-order chi connectivity index (χ0) is 25.3. The van der Waals surface area contributed by atoms with E-state index in [0.29, 0.717) is 28.0 Å². The van der Waals surface area contributed by atoms with Gasteiger partial charge >= 0.3 is 0 Å². The maximum Gasteiger partial charge on any atom is 0.200 e. The molecule has 0 amide bonds. The fourth-order valence-corrected chi connectivity index (χ4v) is 3.82. The molecule has 0 spiro atoms. The largest absolute Gasteiger partial charge is 0.316 e. The van der Waals surface area contributed by atoms with Crippen molar-refractivity contribution in [2.24, 2.45) is 0 Å². The molecule has 35 heavy (non-hydrogen) atoms. The number of hydrogen-bond donors (Lipinski definition) is 2. The number of nitrogens with zero attached hydrogens (tertiary/aromatic N) is 4. The number of rotatable bonds is 6. The van der Waals surface area contributed by atoms with Crippen LogP contribution in [-0.2, 0) is 13.1 Å². The molecule has 4 rings (SSSR count). The molecule has 0 aliphatic heterocycles. The van der Waals surface area contributed by atoms with Crippen molar-refractivity contribution in [2.45, 2.75) is 13.1 Å². The summed E-state index contributed by atoms with van der Waals surface area (Å²) in [4.78, 5) is 0. The van der Waals surface area contributed by atoms with Crippen LogP contribution in [0.1, 0.15) is 11.1 Å². The minimum Gasteiger partial charge on any atom is -0.316 e. The molecule has 0 radical (unpaired) electrons. The molecule has 0 saturated carbocycles. The Hall–Kier alpha value is -3.22. The molecule has 0 aliphatic carbocycles. The van der Waals surface area contributed by atoms with Gasteiger partial charge in [0.15, 0.2) is 40.0 Å². The first-order valence-electron chi connectivity index (χ1n) is 9.72. The Morgan fingerprint density at radius 1 is 0.714 bits per heavy atom. The Morgan fingerprint density at radius 3 is 1.63 bits per heavy atom. The van der Waals surface area contributed by atoms with Gasteiger partial charge in [0.25, 0.3) is 0 Å². The fraction of sp³-hybridized carbons (Fsp3) is 0.0952. The molecule has 0 saturated heterocycles. The van der Waals surface area contributed by atoms with Gasteiger partial charge in [0, 0.05) is 40.1 Å². The van der Waals surface area contributed by atoms with Gasteiger partial charge in [-0.1, -0.05) is 29.3 Å². The van der Waals surface area contributed by atoms with Gasteiger partial charge in [0.05, 0.1) is 18.7 Å². The number of hydrogen-bond acceptors (Lipinski definition) is 3. The summed E-state index contributed by atoms with van der Waals surface area (Å²) in [6, 6.07) is 8.22. The Labute approximate surface area is 210 Å². The van der Waals surface area contributed by atoms with Crippen LogP contribution in [0.3, 0.4) is 0 Å². The molecule has 6 nitrogen and oxygen atoms in total. The summed E-state index contributed by atoms with van der Waals surface area (Å²) in [5, 5.41) is 15.0. The van der Waals surface area contributed by atoms with E-state index in [9.17, 15) is 22.0 Å². The minimum absolute atomic E-state index is 0.0903. The average molecular weight is 547 g/mol. The smallest absolute Gasteiger partial charge is 0.200 e.